The van der Waals surface area contributed by atoms with E-state index in [1.54, 1.807) is 24.0 Å². The summed E-state index contributed by atoms with van der Waals surface area (Å²) in [4.78, 5) is 45.2. The zero-order chi connectivity index (χ0) is 23.6. The molecule has 2 heterocycles. The first-order valence-electron chi connectivity index (χ1n) is 12.6. The lowest BCUT2D eigenvalue weighted by molar-refractivity contribution is -0.166. The second-order valence-corrected chi connectivity index (χ2v) is 11.1. The van der Waals surface area contributed by atoms with Crippen molar-refractivity contribution >= 4 is 29.4 Å². The Morgan fingerprint density at radius 1 is 1.06 bits per heavy atom. The van der Waals surface area contributed by atoms with Gasteiger partial charge in [0.15, 0.2) is 0 Å². The molecule has 2 saturated carbocycles. The summed E-state index contributed by atoms with van der Waals surface area (Å²) in [6.07, 6.45) is 8.71. The molecule has 2 saturated heterocycles. The molecule has 0 aromatic carbocycles. The van der Waals surface area contributed by atoms with Gasteiger partial charge in [-0.2, -0.15) is 0 Å². The van der Waals surface area contributed by atoms with E-state index in [2.05, 4.69) is 5.32 Å². The average Bonchev–Trinajstić information content (AvgIpc) is 3.27. The number of nitrogens with zero attached hydrogens (tertiary/aromatic N) is 3. The van der Waals surface area contributed by atoms with Crippen molar-refractivity contribution in [3.05, 3.63) is 0 Å². The Morgan fingerprint density at radius 3 is 2.33 bits per heavy atom. The van der Waals surface area contributed by atoms with Gasteiger partial charge < -0.3 is 24.8 Å². The second-order valence-electron chi connectivity index (χ2n) is 10.4. The van der Waals surface area contributed by atoms with Gasteiger partial charge in [0.2, 0.25) is 5.91 Å². The van der Waals surface area contributed by atoms with E-state index in [0.717, 1.165) is 51.4 Å². The van der Waals surface area contributed by atoms with E-state index in [1.807, 2.05) is 4.90 Å². The standard InChI is InChI=1S/C24H39ClN4O4/c1-26-23(32)27-12-11-24(16-27)22(31)28(13-17-5-9-20(33-2)10-6-17)15-21(30)29(24)14-18-3-7-19(25)8-4-18/h17-20H,3-16H2,1-2H3,(H,26,32). The fraction of sp³-hybridized carbons (Fsp3) is 0.875. The number of urea groups is 1. The number of hydrogen-bond acceptors (Lipinski definition) is 4. The molecule has 2 aliphatic carbocycles. The van der Waals surface area contributed by atoms with Gasteiger partial charge in [0.05, 0.1) is 19.2 Å². The lowest BCUT2D eigenvalue weighted by Gasteiger charge is -2.49. The van der Waals surface area contributed by atoms with E-state index in [-0.39, 0.29) is 36.3 Å². The molecular weight excluding hydrogens is 444 g/mol. The summed E-state index contributed by atoms with van der Waals surface area (Å²) in [6, 6.07) is -0.190. The number of piperazine rings is 1. The maximum Gasteiger partial charge on any atom is 0.317 e. The quantitative estimate of drug-likeness (QED) is 0.610. The molecule has 0 bridgehead atoms. The van der Waals surface area contributed by atoms with Crippen LogP contribution in [0.25, 0.3) is 0 Å². The van der Waals surface area contributed by atoms with Crippen LogP contribution in [0.15, 0.2) is 0 Å². The summed E-state index contributed by atoms with van der Waals surface area (Å²) in [5, 5.41) is 2.89. The van der Waals surface area contributed by atoms with E-state index < -0.39 is 5.54 Å². The smallest absolute Gasteiger partial charge is 0.317 e. The zero-order valence-corrected chi connectivity index (χ0v) is 20.8. The molecule has 1 N–H and O–H groups in total. The molecule has 2 aliphatic heterocycles. The monoisotopic (exact) mass is 482 g/mol. The number of methoxy groups -OCH3 is 1. The van der Waals surface area contributed by atoms with E-state index in [9.17, 15) is 14.4 Å². The van der Waals surface area contributed by atoms with Crippen LogP contribution in [0.4, 0.5) is 4.79 Å². The van der Waals surface area contributed by atoms with Crippen molar-refractivity contribution in [2.24, 2.45) is 11.8 Å². The molecule has 33 heavy (non-hydrogen) atoms. The molecular formula is C24H39ClN4O4. The lowest BCUT2D eigenvalue weighted by Crippen LogP contribution is -2.70. The first-order valence-corrected chi connectivity index (χ1v) is 13.0. The Hall–Kier alpha value is -1.54. The number of alkyl halides is 1. The maximum absolute atomic E-state index is 14.0. The lowest BCUT2D eigenvalue weighted by atomic mass is 9.83. The van der Waals surface area contributed by atoms with Crippen molar-refractivity contribution in [2.75, 3.05) is 46.9 Å². The molecule has 4 fully saturated rings. The maximum atomic E-state index is 14.0. The van der Waals surface area contributed by atoms with Gasteiger partial charge in [0.25, 0.3) is 5.91 Å². The molecule has 1 spiro atoms. The van der Waals surface area contributed by atoms with Gasteiger partial charge in [-0.05, 0) is 69.6 Å². The molecule has 0 radical (unpaired) electrons. The molecule has 8 nitrogen and oxygen atoms in total. The zero-order valence-electron chi connectivity index (χ0n) is 20.1. The van der Waals surface area contributed by atoms with Gasteiger partial charge in [-0.1, -0.05) is 0 Å². The third kappa shape index (κ3) is 5.11. The van der Waals surface area contributed by atoms with Crippen LogP contribution < -0.4 is 5.32 Å². The Kier molecular flexibility index (Phi) is 7.73. The fourth-order valence-corrected chi connectivity index (χ4v) is 6.59. The summed E-state index contributed by atoms with van der Waals surface area (Å²) >= 11 is 6.30. The minimum Gasteiger partial charge on any atom is -0.381 e. The molecule has 4 aliphatic rings. The van der Waals surface area contributed by atoms with E-state index in [1.165, 1.54) is 0 Å². The van der Waals surface area contributed by atoms with Crippen molar-refractivity contribution in [3.63, 3.8) is 0 Å². The molecule has 186 valence electrons. The van der Waals surface area contributed by atoms with Crippen molar-refractivity contribution in [1.29, 1.82) is 0 Å². The van der Waals surface area contributed by atoms with E-state index in [4.69, 9.17) is 16.3 Å². The van der Waals surface area contributed by atoms with Crippen LogP contribution in [0.2, 0.25) is 0 Å². The minimum atomic E-state index is -0.941. The van der Waals surface area contributed by atoms with Crippen molar-refractivity contribution in [1.82, 2.24) is 20.0 Å². The topological polar surface area (TPSA) is 82.2 Å². The highest BCUT2D eigenvalue weighted by Crippen LogP contribution is 2.38. The number of nitrogens with one attached hydrogen (secondary N) is 1. The van der Waals surface area contributed by atoms with Gasteiger partial charge in [0.1, 0.15) is 5.54 Å². The molecule has 0 aromatic rings. The number of amides is 4. The number of halogens is 1. The van der Waals surface area contributed by atoms with Crippen LogP contribution in [-0.2, 0) is 14.3 Å². The Labute approximate surface area is 202 Å². The number of carbonyl (C=O) groups excluding carboxylic acids is 3. The van der Waals surface area contributed by atoms with E-state index in [0.29, 0.717) is 44.0 Å². The largest absolute Gasteiger partial charge is 0.381 e. The highest BCUT2D eigenvalue weighted by Gasteiger charge is 2.57. The summed E-state index contributed by atoms with van der Waals surface area (Å²) < 4.78 is 5.49. The molecule has 1 unspecified atom stereocenters. The summed E-state index contributed by atoms with van der Waals surface area (Å²) in [6.45, 7) is 2.11. The van der Waals surface area contributed by atoms with Crippen molar-refractivity contribution in [3.8, 4) is 0 Å². The first kappa shape index (κ1) is 24.6. The summed E-state index contributed by atoms with van der Waals surface area (Å²) in [5.41, 5.74) is -0.941. The van der Waals surface area contributed by atoms with E-state index >= 15 is 0 Å². The Bertz CT molecular complexity index is 736. The number of ether oxygens (including phenoxy) is 1. The fourth-order valence-electron chi connectivity index (χ4n) is 6.34. The molecule has 4 rings (SSSR count). The highest BCUT2D eigenvalue weighted by molar-refractivity contribution is 6.20. The number of hydrogen-bond donors (Lipinski definition) is 1. The van der Waals surface area contributed by atoms with Crippen LogP contribution in [0.5, 0.6) is 0 Å². The first-order chi connectivity index (χ1) is 15.9. The van der Waals surface area contributed by atoms with Gasteiger partial charge in [-0.3, -0.25) is 9.59 Å². The highest BCUT2D eigenvalue weighted by atomic mass is 35.5. The van der Waals surface area contributed by atoms with Gasteiger partial charge >= 0.3 is 6.03 Å². The number of rotatable bonds is 5. The van der Waals surface area contributed by atoms with Crippen LogP contribution >= 0.6 is 11.6 Å². The summed E-state index contributed by atoms with van der Waals surface area (Å²) in [7, 11) is 3.36. The summed E-state index contributed by atoms with van der Waals surface area (Å²) in [5.74, 6) is 0.797. The third-order valence-electron chi connectivity index (χ3n) is 8.40. The van der Waals surface area contributed by atoms with Crippen LogP contribution in [0, 0.1) is 11.8 Å². The number of likely N-dealkylation sites (tertiary alicyclic amines) is 1. The predicted molar refractivity (Wildman–Crippen MR) is 126 cm³/mol. The van der Waals surface area contributed by atoms with Gasteiger partial charge in [-0.15, -0.1) is 11.6 Å². The third-order valence-corrected chi connectivity index (χ3v) is 8.84. The van der Waals surface area contributed by atoms with Gasteiger partial charge in [-0.25, -0.2) is 4.79 Å². The molecule has 1 atom stereocenters. The van der Waals surface area contributed by atoms with Crippen LogP contribution in [0.1, 0.15) is 57.8 Å². The minimum absolute atomic E-state index is 0.0203. The average molecular weight is 483 g/mol. The van der Waals surface area contributed by atoms with Crippen LogP contribution in [-0.4, -0.2) is 96.4 Å². The number of carbonyl (C=O) groups is 3. The Morgan fingerprint density at radius 2 is 1.70 bits per heavy atom. The Balaban J connectivity index is 1.51. The molecule has 9 heteroatoms. The normalized spacial score (nSPS) is 35.4. The SMILES string of the molecule is CNC(=O)N1CCC2(C1)C(=O)N(CC1CCC(OC)CC1)CC(=O)N2CC1CCC(Cl)CC1. The van der Waals surface area contributed by atoms with Gasteiger partial charge in [0, 0.05) is 39.2 Å². The molecule has 4 amide bonds. The predicted octanol–water partition coefficient (Wildman–Crippen LogP) is 2.44. The molecule has 0 aromatic heterocycles. The van der Waals surface area contributed by atoms with Crippen molar-refractivity contribution < 1.29 is 19.1 Å². The van der Waals surface area contributed by atoms with Crippen LogP contribution in [0.3, 0.4) is 0 Å². The second kappa shape index (κ2) is 10.4. The van der Waals surface area contributed by atoms with Crippen molar-refractivity contribution in [2.45, 2.75) is 74.8 Å².